The van der Waals surface area contributed by atoms with Crippen molar-refractivity contribution < 1.29 is 27.5 Å². The zero-order valence-corrected chi connectivity index (χ0v) is 16.9. The van der Waals surface area contributed by atoms with Gasteiger partial charge in [0.25, 0.3) is 5.91 Å². The average molecular weight is 418 g/mol. The molecule has 0 saturated heterocycles. The summed E-state index contributed by atoms with van der Waals surface area (Å²) in [6.45, 7) is 1.34. The molecule has 29 heavy (non-hydrogen) atoms. The number of rotatable bonds is 8. The molecule has 0 aliphatic carbocycles. The molecule has 2 aromatic rings. The molecule has 0 heterocycles. The Morgan fingerprint density at radius 1 is 1.03 bits per heavy atom. The second-order valence-corrected chi connectivity index (χ2v) is 8.34. The number of ether oxygens (including phenoxy) is 1. The van der Waals surface area contributed by atoms with E-state index < -0.39 is 27.8 Å². The third-order valence-electron chi connectivity index (χ3n) is 4.01. The van der Waals surface area contributed by atoms with E-state index in [4.69, 9.17) is 4.74 Å². The van der Waals surface area contributed by atoms with Gasteiger partial charge in [0.15, 0.2) is 9.84 Å². The molecule has 0 aliphatic rings. The molecule has 0 aromatic heterocycles. The standard InChI is InChI=1S/C20H22N2O6S/c1-14(23)21-16-8-6-7-15(13-16)19(24)22-18(20(25)28-2)11-12-29(26,27)17-9-4-3-5-10-17/h3-10,13,18H,11-12H2,1-2H3,(H,21,23)(H,22,24)/t18-/m0/s1. The van der Waals surface area contributed by atoms with Crippen molar-refractivity contribution in [3.8, 4) is 0 Å². The van der Waals surface area contributed by atoms with Gasteiger partial charge in [-0.25, -0.2) is 13.2 Å². The molecule has 2 amide bonds. The molecule has 0 radical (unpaired) electrons. The summed E-state index contributed by atoms with van der Waals surface area (Å²) in [6, 6.07) is 12.9. The zero-order chi connectivity index (χ0) is 21.4. The van der Waals surface area contributed by atoms with Gasteiger partial charge in [0.2, 0.25) is 5.91 Å². The quantitative estimate of drug-likeness (QED) is 0.631. The van der Waals surface area contributed by atoms with Crippen molar-refractivity contribution in [1.29, 1.82) is 0 Å². The second kappa shape index (κ2) is 9.83. The highest BCUT2D eigenvalue weighted by Crippen LogP contribution is 2.14. The van der Waals surface area contributed by atoms with Crippen molar-refractivity contribution >= 4 is 33.3 Å². The van der Waals surface area contributed by atoms with Crippen LogP contribution in [0.15, 0.2) is 59.5 Å². The van der Waals surface area contributed by atoms with Gasteiger partial charge >= 0.3 is 5.97 Å². The number of sulfone groups is 1. The van der Waals surface area contributed by atoms with Gasteiger partial charge in [-0.2, -0.15) is 0 Å². The first-order valence-electron chi connectivity index (χ1n) is 8.77. The fourth-order valence-electron chi connectivity index (χ4n) is 2.59. The van der Waals surface area contributed by atoms with Gasteiger partial charge in [-0.15, -0.1) is 0 Å². The molecule has 154 valence electrons. The largest absolute Gasteiger partial charge is 0.467 e. The minimum Gasteiger partial charge on any atom is -0.467 e. The molecule has 2 rings (SSSR count). The van der Waals surface area contributed by atoms with Crippen molar-refractivity contribution in [1.82, 2.24) is 5.32 Å². The normalized spacial score (nSPS) is 11.9. The van der Waals surface area contributed by atoms with Crippen molar-refractivity contribution in [2.45, 2.75) is 24.3 Å². The molecule has 0 bridgehead atoms. The Morgan fingerprint density at radius 2 is 1.72 bits per heavy atom. The second-order valence-electron chi connectivity index (χ2n) is 6.23. The molecule has 1 atom stereocenters. The number of benzene rings is 2. The summed E-state index contributed by atoms with van der Waals surface area (Å²) in [5.74, 6) is -1.98. The van der Waals surface area contributed by atoms with Crippen molar-refractivity contribution in [3.05, 3.63) is 60.2 Å². The van der Waals surface area contributed by atoms with Gasteiger partial charge in [-0.1, -0.05) is 24.3 Å². The number of methoxy groups -OCH3 is 1. The van der Waals surface area contributed by atoms with Crippen LogP contribution in [0.5, 0.6) is 0 Å². The Hall–Kier alpha value is -3.20. The van der Waals surface area contributed by atoms with Crippen LogP contribution < -0.4 is 10.6 Å². The molecule has 2 N–H and O–H groups in total. The molecular weight excluding hydrogens is 396 g/mol. The molecular formula is C20H22N2O6S. The van der Waals surface area contributed by atoms with Crippen molar-refractivity contribution in [2.75, 3.05) is 18.2 Å². The molecule has 0 aliphatic heterocycles. The maximum Gasteiger partial charge on any atom is 0.328 e. The van der Waals surface area contributed by atoms with Crippen LogP contribution in [0.1, 0.15) is 23.7 Å². The van der Waals surface area contributed by atoms with Crippen LogP contribution in [0.25, 0.3) is 0 Å². The van der Waals surface area contributed by atoms with E-state index in [9.17, 15) is 22.8 Å². The Labute approximate surface area is 169 Å². The summed E-state index contributed by atoms with van der Waals surface area (Å²) >= 11 is 0. The summed E-state index contributed by atoms with van der Waals surface area (Å²) in [4.78, 5) is 35.9. The number of amides is 2. The Bertz CT molecular complexity index is 989. The number of carbonyl (C=O) groups is 3. The predicted octanol–water partition coefficient (Wildman–Crippen LogP) is 1.78. The summed E-state index contributed by atoms with van der Waals surface area (Å²) in [5.41, 5.74) is 0.627. The van der Waals surface area contributed by atoms with Crippen LogP contribution in [0.4, 0.5) is 5.69 Å². The van der Waals surface area contributed by atoms with E-state index in [1.54, 1.807) is 30.3 Å². The fourth-order valence-corrected chi connectivity index (χ4v) is 3.95. The van der Waals surface area contributed by atoms with E-state index in [-0.39, 0.29) is 28.5 Å². The highest BCUT2D eigenvalue weighted by molar-refractivity contribution is 7.91. The molecule has 2 aromatic carbocycles. The van der Waals surface area contributed by atoms with E-state index in [2.05, 4.69) is 10.6 Å². The molecule has 0 unspecified atom stereocenters. The topological polar surface area (TPSA) is 119 Å². The van der Waals surface area contributed by atoms with Gasteiger partial charge in [0.05, 0.1) is 17.8 Å². The molecule has 0 spiro atoms. The average Bonchev–Trinajstić information content (AvgIpc) is 2.70. The lowest BCUT2D eigenvalue weighted by Gasteiger charge is -2.17. The van der Waals surface area contributed by atoms with Gasteiger partial charge in [-0.05, 0) is 36.8 Å². The maximum atomic E-state index is 12.5. The highest BCUT2D eigenvalue weighted by atomic mass is 32.2. The summed E-state index contributed by atoms with van der Waals surface area (Å²) < 4.78 is 29.6. The Morgan fingerprint density at radius 3 is 2.34 bits per heavy atom. The number of esters is 1. The van der Waals surface area contributed by atoms with Gasteiger partial charge in [0, 0.05) is 18.2 Å². The predicted molar refractivity (Wildman–Crippen MR) is 107 cm³/mol. The Balaban J connectivity index is 2.12. The van der Waals surface area contributed by atoms with E-state index in [1.165, 1.54) is 31.2 Å². The number of nitrogens with one attached hydrogen (secondary N) is 2. The SMILES string of the molecule is COC(=O)[C@H](CCS(=O)(=O)c1ccccc1)NC(=O)c1cccc(NC(C)=O)c1. The lowest BCUT2D eigenvalue weighted by Crippen LogP contribution is -2.42. The van der Waals surface area contributed by atoms with Crippen LogP contribution in [0.2, 0.25) is 0 Å². The summed E-state index contributed by atoms with van der Waals surface area (Å²) in [5, 5.41) is 5.06. The Kier molecular flexibility index (Phi) is 7.49. The first kappa shape index (κ1) is 22.1. The van der Waals surface area contributed by atoms with Gasteiger partial charge in [0.1, 0.15) is 6.04 Å². The van der Waals surface area contributed by atoms with Crippen LogP contribution in [0, 0.1) is 0 Å². The number of hydrogen-bond acceptors (Lipinski definition) is 6. The molecule has 0 fully saturated rings. The van der Waals surface area contributed by atoms with Crippen LogP contribution in [-0.2, 0) is 24.2 Å². The summed E-state index contributed by atoms with van der Waals surface area (Å²) in [6.07, 6.45) is -0.152. The van der Waals surface area contributed by atoms with Gasteiger partial charge in [-0.3, -0.25) is 9.59 Å². The third-order valence-corrected chi connectivity index (χ3v) is 5.78. The van der Waals surface area contributed by atoms with E-state index >= 15 is 0 Å². The lowest BCUT2D eigenvalue weighted by atomic mass is 10.1. The van der Waals surface area contributed by atoms with E-state index in [0.29, 0.717) is 5.69 Å². The highest BCUT2D eigenvalue weighted by Gasteiger charge is 2.25. The number of carbonyl (C=O) groups excluding carboxylic acids is 3. The minimum atomic E-state index is -3.62. The number of hydrogen-bond donors (Lipinski definition) is 2. The van der Waals surface area contributed by atoms with E-state index in [1.807, 2.05) is 0 Å². The minimum absolute atomic E-state index is 0.137. The zero-order valence-electron chi connectivity index (χ0n) is 16.0. The maximum absolute atomic E-state index is 12.5. The van der Waals surface area contributed by atoms with Crippen LogP contribution in [-0.4, -0.2) is 45.1 Å². The monoisotopic (exact) mass is 418 g/mol. The summed E-state index contributed by atoms with van der Waals surface area (Å²) in [7, 11) is -2.47. The first-order chi connectivity index (χ1) is 13.7. The molecule has 8 nitrogen and oxygen atoms in total. The third kappa shape index (κ3) is 6.42. The van der Waals surface area contributed by atoms with E-state index in [0.717, 1.165) is 7.11 Å². The number of anilines is 1. The van der Waals surface area contributed by atoms with Crippen LogP contribution in [0.3, 0.4) is 0 Å². The first-order valence-corrected chi connectivity index (χ1v) is 10.4. The van der Waals surface area contributed by atoms with Crippen LogP contribution >= 0.6 is 0 Å². The molecule has 0 saturated carbocycles. The fraction of sp³-hybridized carbons (Fsp3) is 0.250. The lowest BCUT2D eigenvalue weighted by molar-refractivity contribution is -0.142. The van der Waals surface area contributed by atoms with Crippen molar-refractivity contribution in [2.24, 2.45) is 0 Å². The van der Waals surface area contributed by atoms with Gasteiger partial charge < -0.3 is 15.4 Å². The van der Waals surface area contributed by atoms with Crippen molar-refractivity contribution in [3.63, 3.8) is 0 Å². The smallest absolute Gasteiger partial charge is 0.328 e. The molecule has 9 heteroatoms.